The highest BCUT2D eigenvalue weighted by atomic mass is 16.7. The monoisotopic (exact) mass is 612 g/mol. The number of esters is 2. The average molecular weight is 613 g/mol. The van der Waals surface area contributed by atoms with Gasteiger partial charge in [-0.25, -0.2) is 9.78 Å². The van der Waals surface area contributed by atoms with Crippen molar-refractivity contribution < 1.29 is 42.8 Å². The molecular formula is C33H44N2O9. The van der Waals surface area contributed by atoms with Crippen molar-refractivity contribution in [1.82, 2.24) is 10.3 Å². The Morgan fingerprint density at radius 2 is 1.82 bits per heavy atom. The molecule has 1 N–H and O–H groups in total. The Bertz CT molecular complexity index is 1220. The standard InChI is InChI=1S/C33H44N2O9/c1-22-30(44-25-14-7-8-15-25)28(40-20-10-13-24-11-5-4-6-12-24)17-9-16-26(33(38)43-22)35-32(37)29-31(42-21-41-23(2)36)27(39-3)18-19-34-29/h4-6,11-12,18-19,22,25-26,28,30H,7-10,13-17,20-21H2,1-3H3,(H,35,37). The van der Waals surface area contributed by atoms with Gasteiger partial charge >= 0.3 is 11.9 Å². The highest BCUT2D eigenvalue weighted by molar-refractivity contribution is 5.98. The van der Waals surface area contributed by atoms with Crippen molar-refractivity contribution in [2.24, 2.45) is 0 Å². The van der Waals surface area contributed by atoms with Gasteiger partial charge in [-0.3, -0.25) is 9.59 Å². The predicted molar refractivity (Wildman–Crippen MR) is 160 cm³/mol. The first-order chi connectivity index (χ1) is 21.4. The molecule has 44 heavy (non-hydrogen) atoms. The van der Waals surface area contributed by atoms with Crippen molar-refractivity contribution in [3.8, 4) is 11.5 Å². The Morgan fingerprint density at radius 1 is 1.05 bits per heavy atom. The van der Waals surface area contributed by atoms with Crippen LogP contribution in [-0.2, 0) is 35.0 Å². The zero-order chi connectivity index (χ0) is 31.3. The molecule has 4 atom stereocenters. The van der Waals surface area contributed by atoms with Crippen molar-refractivity contribution in [2.75, 3.05) is 20.5 Å². The quantitative estimate of drug-likeness (QED) is 0.195. The molecule has 2 heterocycles. The number of methoxy groups -OCH3 is 1. The van der Waals surface area contributed by atoms with Gasteiger partial charge < -0.3 is 33.7 Å². The number of ether oxygens (including phenoxy) is 6. The summed E-state index contributed by atoms with van der Waals surface area (Å²) in [6, 6.07) is 10.9. The summed E-state index contributed by atoms with van der Waals surface area (Å²) in [6.07, 6.45) is 7.77. The molecule has 2 fully saturated rings. The molecule has 0 bridgehead atoms. The van der Waals surface area contributed by atoms with E-state index in [1.165, 1.54) is 31.9 Å². The maximum atomic E-state index is 13.4. The maximum absolute atomic E-state index is 13.4. The average Bonchev–Trinajstić information content (AvgIpc) is 3.55. The number of hydrogen-bond donors (Lipinski definition) is 1. The number of carbonyl (C=O) groups excluding carboxylic acids is 3. The van der Waals surface area contributed by atoms with Gasteiger partial charge in [0.1, 0.15) is 18.2 Å². The summed E-state index contributed by atoms with van der Waals surface area (Å²) >= 11 is 0. The lowest BCUT2D eigenvalue weighted by molar-refractivity contribution is -0.175. The largest absolute Gasteiger partial charge is 0.493 e. The van der Waals surface area contributed by atoms with E-state index in [9.17, 15) is 14.4 Å². The minimum atomic E-state index is -0.928. The van der Waals surface area contributed by atoms with Crippen LogP contribution in [0.5, 0.6) is 11.5 Å². The van der Waals surface area contributed by atoms with Crippen LogP contribution in [0.15, 0.2) is 42.6 Å². The highest BCUT2D eigenvalue weighted by Crippen LogP contribution is 2.31. The highest BCUT2D eigenvalue weighted by Gasteiger charge is 2.37. The first-order valence-corrected chi connectivity index (χ1v) is 15.5. The van der Waals surface area contributed by atoms with Crippen molar-refractivity contribution in [1.29, 1.82) is 0 Å². The Kier molecular flexibility index (Phi) is 12.8. The van der Waals surface area contributed by atoms with Gasteiger partial charge in [-0.15, -0.1) is 0 Å². The third kappa shape index (κ3) is 9.65. The van der Waals surface area contributed by atoms with Crippen molar-refractivity contribution >= 4 is 17.8 Å². The fourth-order valence-corrected chi connectivity index (χ4v) is 5.64. The van der Waals surface area contributed by atoms with Crippen molar-refractivity contribution in [2.45, 2.75) is 102 Å². The van der Waals surface area contributed by atoms with E-state index >= 15 is 0 Å². The minimum absolute atomic E-state index is 0.00690. The number of amides is 1. The molecule has 1 aromatic carbocycles. The Balaban J connectivity index is 1.44. The van der Waals surface area contributed by atoms with Gasteiger partial charge in [0.15, 0.2) is 17.2 Å². The third-order valence-corrected chi connectivity index (χ3v) is 7.91. The van der Waals surface area contributed by atoms with Crippen LogP contribution >= 0.6 is 0 Å². The van der Waals surface area contributed by atoms with Gasteiger partial charge in [0, 0.05) is 25.8 Å². The van der Waals surface area contributed by atoms with Crippen LogP contribution in [0.1, 0.15) is 81.3 Å². The molecule has 240 valence electrons. The summed E-state index contributed by atoms with van der Waals surface area (Å²) in [4.78, 5) is 42.1. The smallest absolute Gasteiger partial charge is 0.329 e. The van der Waals surface area contributed by atoms with Gasteiger partial charge in [-0.05, 0) is 57.4 Å². The molecule has 4 unspecified atom stereocenters. The lowest BCUT2D eigenvalue weighted by Gasteiger charge is -2.33. The first-order valence-electron chi connectivity index (χ1n) is 15.5. The van der Waals surface area contributed by atoms with Gasteiger partial charge in [0.05, 0.1) is 19.3 Å². The second-order valence-corrected chi connectivity index (χ2v) is 11.2. The molecule has 1 aliphatic carbocycles. The topological polar surface area (TPSA) is 132 Å². The van der Waals surface area contributed by atoms with Gasteiger partial charge in [0.25, 0.3) is 5.91 Å². The van der Waals surface area contributed by atoms with E-state index in [1.807, 2.05) is 25.1 Å². The molecule has 11 nitrogen and oxygen atoms in total. The SMILES string of the molecule is COc1ccnc(C(=O)NC2CCCC(OCCCc3ccccc3)C(OC3CCCC3)C(C)OC2=O)c1OCOC(C)=O. The maximum Gasteiger partial charge on any atom is 0.329 e. The molecule has 4 rings (SSSR count). The fourth-order valence-electron chi connectivity index (χ4n) is 5.64. The third-order valence-electron chi connectivity index (χ3n) is 7.91. The van der Waals surface area contributed by atoms with E-state index in [0.29, 0.717) is 25.9 Å². The van der Waals surface area contributed by atoms with Gasteiger partial charge in [-0.2, -0.15) is 0 Å². The zero-order valence-electron chi connectivity index (χ0n) is 25.8. The number of hydrogen-bond acceptors (Lipinski definition) is 10. The van der Waals surface area contributed by atoms with Crippen molar-refractivity contribution in [3.63, 3.8) is 0 Å². The number of nitrogens with zero attached hydrogens (tertiary/aromatic N) is 1. The Hall–Kier alpha value is -3.70. The Morgan fingerprint density at radius 3 is 2.55 bits per heavy atom. The number of pyridine rings is 1. The van der Waals surface area contributed by atoms with E-state index in [-0.39, 0.29) is 29.4 Å². The lowest BCUT2D eigenvalue weighted by atomic mass is 10.0. The number of aromatic nitrogens is 1. The van der Waals surface area contributed by atoms with Gasteiger partial charge in [-0.1, -0.05) is 43.2 Å². The minimum Gasteiger partial charge on any atom is -0.493 e. The van der Waals surface area contributed by atoms with Crippen LogP contribution in [-0.4, -0.2) is 73.8 Å². The van der Waals surface area contributed by atoms with E-state index in [2.05, 4.69) is 22.4 Å². The molecule has 1 saturated heterocycles. The molecule has 0 spiro atoms. The number of nitrogens with one attached hydrogen (secondary N) is 1. The normalized spacial score (nSPS) is 22.7. The molecule has 1 saturated carbocycles. The summed E-state index contributed by atoms with van der Waals surface area (Å²) < 4.78 is 34.6. The van der Waals surface area contributed by atoms with E-state index in [1.54, 1.807) is 0 Å². The number of carbonyl (C=O) groups is 3. The van der Waals surface area contributed by atoms with Gasteiger partial charge in [0.2, 0.25) is 6.79 Å². The Labute approximate surface area is 258 Å². The molecule has 1 aliphatic heterocycles. The molecule has 2 aliphatic rings. The summed E-state index contributed by atoms with van der Waals surface area (Å²) in [5.74, 6) is -1.53. The predicted octanol–water partition coefficient (Wildman–Crippen LogP) is 4.55. The van der Waals surface area contributed by atoms with Crippen LogP contribution < -0.4 is 14.8 Å². The molecule has 11 heteroatoms. The second-order valence-electron chi connectivity index (χ2n) is 11.2. The van der Waals surface area contributed by atoms with E-state index < -0.39 is 42.9 Å². The number of cyclic esters (lactones) is 1. The summed E-state index contributed by atoms with van der Waals surface area (Å²) in [7, 11) is 1.41. The zero-order valence-corrected chi connectivity index (χ0v) is 25.8. The summed E-state index contributed by atoms with van der Waals surface area (Å²) in [6.45, 7) is 3.19. The lowest BCUT2D eigenvalue weighted by Crippen LogP contribution is -2.46. The van der Waals surface area contributed by atoms with Crippen LogP contribution in [0.25, 0.3) is 0 Å². The fraction of sp³-hybridized carbons (Fsp3) is 0.576. The second kappa shape index (κ2) is 17.0. The first kappa shape index (κ1) is 33.2. The molecule has 0 radical (unpaired) electrons. The van der Waals surface area contributed by atoms with Crippen LogP contribution in [0.4, 0.5) is 0 Å². The van der Waals surface area contributed by atoms with Crippen LogP contribution in [0.3, 0.4) is 0 Å². The molecular weight excluding hydrogens is 568 g/mol. The van der Waals surface area contributed by atoms with Crippen molar-refractivity contribution in [3.05, 3.63) is 53.9 Å². The summed E-state index contributed by atoms with van der Waals surface area (Å²) in [5.41, 5.74) is 1.15. The van der Waals surface area contributed by atoms with E-state index in [4.69, 9.17) is 28.4 Å². The molecule has 2 aromatic rings. The number of rotatable bonds is 13. The van der Waals surface area contributed by atoms with Crippen LogP contribution in [0.2, 0.25) is 0 Å². The number of aryl methyl sites for hydroxylation is 1. The van der Waals surface area contributed by atoms with Crippen LogP contribution in [0, 0.1) is 0 Å². The van der Waals surface area contributed by atoms with E-state index in [0.717, 1.165) is 38.5 Å². The summed E-state index contributed by atoms with van der Waals surface area (Å²) in [5, 5.41) is 2.76. The number of benzene rings is 1. The molecule has 1 aromatic heterocycles. The molecule has 1 amide bonds.